The zero-order valence-corrected chi connectivity index (χ0v) is 27.9. The standard InChI is InChI=1S/C40H35FN6O3/c1-24-32-19-13-26-23-35(38-45-34-22-27(40(49)50-2)21-31(41)36(34)47(38)29-16-17-29)46(37(26)44-32)20-8-4-7-11-33-30(39(48)42-24)18-15-28(43-33)14-12-25-9-5-3-6-10-25/h3,5-6,9-10,13,15,18-19,21-24,29H,4,7-8,11,16-17,20H2,1-2H3,(H,42,48)/t24-/m1/s1. The molecule has 2 aliphatic rings. The number of hydrogen-bond acceptors (Lipinski definition) is 6. The molecule has 10 heteroatoms. The Balaban J connectivity index is 1.17. The van der Waals surface area contributed by atoms with Gasteiger partial charge in [-0.1, -0.05) is 30.5 Å². The van der Waals surface area contributed by atoms with Crippen molar-refractivity contribution in [1.29, 1.82) is 0 Å². The van der Waals surface area contributed by atoms with Crippen molar-refractivity contribution in [3.63, 3.8) is 0 Å². The van der Waals surface area contributed by atoms with Gasteiger partial charge in [-0.3, -0.25) is 4.79 Å². The molecule has 2 bridgehead atoms. The van der Waals surface area contributed by atoms with Crippen molar-refractivity contribution in [3.8, 4) is 23.4 Å². The molecule has 0 unspecified atom stereocenters. The van der Waals surface area contributed by atoms with Gasteiger partial charge in [0, 0.05) is 23.5 Å². The second-order valence-electron chi connectivity index (χ2n) is 13.0. The SMILES string of the molecule is COC(=O)c1cc(F)c2c(c1)nc(-c1cc3ccc4nc3n1CCCCCc1nc(C#Cc3ccccc3)ccc1C(=O)N[C@@H]4C)n2C1CC1. The highest BCUT2D eigenvalue weighted by molar-refractivity contribution is 5.96. The Labute approximate surface area is 288 Å². The molecule has 6 aromatic rings. The first-order valence-electron chi connectivity index (χ1n) is 17.1. The largest absolute Gasteiger partial charge is 0.465 e. The Kier molecular flexibility index (Phi) is 8.11. The molecule has 1 amide bonds. The third-order valence-corrected chi connectivity index (χ3v) is 9.48. The molecule has 50 heavy (non-hydrogen) atoms. The summed E-state index contributed by atoms with van der Waals surface area (Å²) in [5, 5.41) is 4.07. The maximum atomic E-state index is 15.7. The molecular formula is C40H35FN6O3. The van der Waals surface area contributed by atoms with Crippen LogP contribution in [0.2, 0.25) is 0 Å². The van der Waals surface area contributed by atoms with Gasteiger partial charge in [0.15, 0.2) is 5.82 Å². The van der Waals surface area contributed by atoms with Crippen molar-refractivity contribution in [2.75, 3.05) is 7.11 Å². The lowest BCUT2D eigenvalue weighted by Gasteiger charge is -2.17. The summed E-state index contributed by atoms with van der Waals surface area (Å²) in [5.74, 6) is 5.65. The minimum atomic E-state index is -0.609. The number of methoxy groups -OCH3 is 1. The van der Waals surface area contributed by atoms with E-state index in [0.29, 0.717) is 41.1 Å². The van der Waals surface area contributed by atoms with E-state index in [-0.39, 0.29) is 23.6 Å². The second-order valence-corrected chi connectivity index (χ2v) is 13.0. The molecule has 1 fully saturated rings. The van der Waals surface area contributed by atoms with Gasteiger partial charge in [-0.05, 0) is 99.5 Å². The molecule has 250 valence electrons. The Morgan fingerprint density at radius 3 is 2.60 bits per heavy atom. The number of pyridine rings is 2. The van der Waals surface area contributed by atoms with Crippen LogP contribution in [0, 0.1) is 17.7 Å². The zero-order chi connectivity index (χ0) is 34.4. The van der Waals surface area contributed by atoms with Gasteiger partial charge < -0.3 is 19.2 Å². The molecule has 5 heterocycles. The summed E-state index contributed by atoms with van der Waals surface area (Å²) >= 11 is 0. The van der Waals surface area contributed by atoms with E-state index in [1.54, 1.807) is 12.1 Å². The maximum Gasteiger partial charge on any atom is 0.338 e. The molecule has 0 spiro atoms. The molecule has 1 N–H and O–H groups in total. The first-order valence-corrected chi connectivity index (χ1v) is 17.1. The summed E-state index contributed by atoms with van der Waals surface area (Å²) in [4.78, 5) is 40.8. The van der Waals surface area contributed by atoms with E-state index in [9.17, 15) is 9.59 Å². The third kappa shape index (κ3) is 5.89. The number of aromatic nitrogens is 5. The second kappa shape index (κ2) is 12.9. The van der Waals surface area contributed by atoms with Gasteiger partial charge in [-0.25, -0.2) is 24.1 Å². The molecule has 2 aromatic carbocycles. The van der Waals surface area contributed by atoms with Gasteiger partial charge in [0.1, 0.15) is 22.7 Å². The summed E-state index contributed by atoms with van der Waals surface area (Å²) in [5.41, 5.74) is 6.06. The third-order valence-electron chi connectivity index (χ3n) is 9.48. The molecule has 1 saturated carbocycles. The van der Waals surface area contributed by atoms with Crippen molar-refractivity contribution in [2.24, 2.45) is 0 Å². The van der Waals surface area contributed by atoms with Crippen LogP contribution in [0.5, 0.6) is 0 Å². The number of fused-ring (bicyclic) bond motifs is 3. The number of esters is 1. The summed E-state index contributed by atoms with van der Waals surface area (Å²) < 4.78 is 24.7. The lowest BCUT2D eigenvalue weighted by atomic mass is 10.0. The van der Waals surface area contributed by atoms with Crippen LogP contribution in [-0.2, 0) is 17.7 Å². The number of rotatable bonds is 3. The number of benzene rings is 2. The number of imidazole rings is 1. The van der Waals surface area contributed by atoms with E-state index in [4.69, 9.17) is 19.7 Å². The Morgan fingerprint density at radius 1 is 0.960 bits per heavy atom. The number of ether oxygens (including phenoxy) is 1. The molecule has 8 rings (SSSR count). The highest BCUT2D eigenvalue weighted by Crippen LogP contribution is 2.43. The van der Waals surface area contributed by atoms with Crippen molar-refractivity contribution in [1.82, 2.24) is 29.4 Å². The summed E-state index contributed by atoms with van der Waals surface area (Å²) in [6.45, 7) is 2.59. The predicted molar refractivity (Wildman–Crippen MR) is 188 cm³/mol. The number of aryl methyl sites for hydroxylation is 2. The van der Waals surface area contributed by atoms with Crippen LogP contribution in [0.4, 0.5) is 4.39 Å². The van der Waals surface area contributed by atoms with Gasteiger partial charge >= 0.3 is 5.97 Å². The van der Waals surface area contributed by atoms with Crippen molar-refractivity contribution in [2.45, 2.75) is 64.1 Å². The highest BCUT2D eigenvalue weighted by atomic mass is 19.1. The minimum Gasteiger partial charge on any atom is -0.465 e. The normalized spacial score (nSPS) is 16.4. The Morgan fingerprint density at radius 2 is 1.80 bits per heavy atom. The van der Waals surface area contributed by atoms with Crippen LogP contribution in [0.1, 0.15) is 94.5 Å². The molecule has 1 atom stereocenters. The number of carbonyl (C=O) groups excluding carboxylic acids is 2. The van der Waals surface area contributed by atoms with E-state index in [2.05, 4.69) is 27.8 Å². The van der Waals surface area contributed by atoms with Crippen molar-refractivity contribution in [3.05, 3.63) is 112 Å². The average molecular weight is 667 g/mol. The van der Waals surface area contributed by atoms with Gasteiger partial charge in [-0.15, -0.1) is 0 Å². The van der Waals surface area contributed by atoms with Crippen LogP contribution in [-0.4, -0.2) is 43.1 Å². The minimum absolute atomic E-state index is 0.117. The summed E-state index contributed by atoms with van der Waals surface area (Å²) in [7, 11) is 1.28. The molecule has 0 radical (unpaired) electrons. The molecule has 1 aliphatic carbocycles. The van der Waals surface area contributed by atoms with Crippen LogP contribution in [0.25, 0.3) is 33.6 Å². The lowest BCUT2D eigenvalue weighted by molar-refractivity contribution is 0.0600. The zero-order valence-electron chi connectivity index (χ0n) is 27.9. The first kappa shape index (κ1) is 31.4. The molecular weight excluding hydrogens is 631 g/mol. The molecule has 9 nitrogen and oxygen atoms in total. The topological polar surface area (TPSA) is 104 Å². The quantitative estimate of drug-likeness (QED) is 0.157. The number of nitrogens with one attached hydrogen (secondary N) is 1. The lowest BCUT2D eigenvalue weighted by Crippen LogP contribution is -2.28. The Hall–Kier alpha value is -5.82. The molecule has 1 aliphatic heterocycles. The van der Waals surface area contributed by atoms with E-state index in [1.807, 2.05) is 60.0 Å². The van der Waals surface area contributed by atoms with Crippen molar-refractivity contribution >= 4 is 33.9 Å². The maximum absolute atomic E-state index is 15.7. The number of amides is 1. The predicted octanol–water partition coefficient (Wildman–Crippen LogP) is 7.33. The van der Waals surface area contributed by atoms with E-state index >= 15 is 4.39 Å². The van der Waals surface area contributed by atoms with Crippen LogP contribution >= 0.6 is 0 Å². The van der Waals surface area contributed by atoms with Crippen LogP contribution in [0.15, 0.2) is 72.8 Å². The van der Waals surface area contributed by atoms with Crippen LogP contribution < -0.4 is 5.32 Å². The highest BCUT2D eigenvalue weighted by Gasteiger charge is 2.32. The number of carbonyl (C=O) groups is 2. The average Bonchev–Trinajstić information content (AvgIpc) is 3.80. The van der Waals surface area contributed by atoms with Crippen molar-refractivity contribution < 1.29 is 18.7 Å². The van der Waals surface area contributed by atoms with Crippen LogP contribution in [0.3, 0.4) is 0 Å². The number of halogens is 1. The fourth-order valence-corrected chi connectivity index (χ4v) is 6.79. The summed E-state index contributed by atoms with van der Waals surface area (Å²) in [6, 6.07) is 22.0. The summed E-state index contributed by atoms with van der Waals surface area (Å²) in [6.07, 6.45) is 5.03. The van der Waals surface area contributed by atoms with E-state index < -0.39 is 11.8 Å². The van der Waals surface area contributed by atoms with Gasteiger partial charge in [0.25, 0.3) is 5.91 Å². The fraction of sp³-hybridized carbons (Fsp3) is 0.275. The number of hydrogen-bond donors (Lipinski definition) is 1. The van der Waals surface area contributed by atoms with Gasteiger partial charge in [0.2, 0.25) is 0 Å². The number of nitrogens with zero attached hydrogens (tertiary/aromatic N) is 5. The van der Waals surface area contributed by atoms with Gasteiger partial charge in [-0.2, -0.15) is 0 Å². The molecule has 4 aromatic heterocycles. The monoisotopic (exact) mass is 666 g/mol. The van der Waals surface area contributed by atoms with Gasteiger partial charge in [0.05, 0.1) is 46.9 Å². The van der Waals surface area contributed by atoms with E-state index in [0.717, 1.165) is 65.8 Å². The smallest absolute Gasteiger partial charge is 0.338 e. The molecule has 0 saturated heterocycles. The Bertz CT molecular complexity index is 2360. The first-order chi connectivity index (χ1) is 24.4. The van der Waals surface area contributed by atoms with E-state index in [1.165, 1.54) is 13.2 Å². The fourth-order valence-electron chi connectivity index (χ4n) is 6.79.